The molecule has 0 fully saturated rings. The van der Waals surface area contributed by atoms with Crippen molar-refractivity contribution in [3.05, 3.63) is 64.7 Å². The van der Waals surface area contributed by atoms with E-state index >= 15 is 0 Å². The van der Waals surface area contributed by atoms with Crippen LogP contribution in [0.1, 0.15) is 20.7 Å². The molecule has 0 radical (unpaired) electrons. The number of carbonyl (C=O) groups is 2. The van der Waals surface area contributed by atoms with Gasteiger partial charge in [-0.3, -0.25) is 4.79 Å². The summed E-state index contributed by atoms with van der Waals surface area (Å²) in [6.07, 6.45) is 0. The number of nitrogens with one attached hydrogen (secondary N) is 1. The fourth-order valence-corrected chi connectivity index (χ4v) is 1.80. The summed E-state index contributed by atoms with van der Waals surface area (Å²) in [5.74, 6) is -1.66. The van der Waals surface area contributed by atoms with Gasteiger partial charge in [-0.25, -0.2) is 4.79 Å². The van der Waals surface area contributed by atoms with E-state index in [1.54, 1.807) is 36.4 Å². The summed E-state index contributed by atoms with van der Waals surface area (Å²) in [5.41, 5.74) is 0.483. The van der Waals surface area contributed by atoms with Crippen LogP contribution in [-0.4, -0.2) is 17.0 Å². The van der Waals surface area contributed by atoms with E-state index in [2.05, 4.69) is 5.32 Å². The fraction of sp³-hybridized carbons (Fsp3) is 0. The average molecular weight is 276 g/mol. The molecule has 1 amide bonds. The molecule has 0 atom stereocenters. The first-order valence-electron chi connectivity index (χ1n) is 5.48. The van der Waals surface area contributed by atoms with Crippen molar-refractivity contribution in [3.8, 4) is 0 Å². The number of anilines is 1. The van der Waals surface area contributed by atoms with Crippen LogP contribution in [0, 0.1) is 0 Å². The Labute approximate surface area is 114 Å². The quantitative estimate of drug-likeness (QED) is 0.903. The van der Waals surface area contributed by atoms with E-state index in [1.807, 2.05) is 0 Å². The van der Waals surface area contributed by atoms with Gasteiger partial charge < -0.3 is 10.4 Å². The molecule has 0 aromatic heterocycles. The fourth-order valence-electron chi connectivity index (χ4n) is 1.62. The van der Waals surface area contributed by atoms with Gasteiger partial charge in [0.1, 0.15) is 0 Å². The number of para-hydroxylation sites is 1. The van der Waals surface area contributed by atoms with Crippen LogP contribution in [-0.2, 0) is 0 Å². The standard InChI is InChI=1S/C14H10ClNO3/c15-11-7-3-4-8-12(11)16-13(17)9-5-1-2-6-10(9)14(18)19/h1-8H,(H,16,17)(H,18,19). The lowest BCUT2D eigenvalue weighted by Gasteiger charge is -2.08. The Morgan fingerprint density at radius 3 is 2.16 bits per heavy atom. The summed E-state index contributed by atoms with van der Waals surface area (Å²) in [7, 11) is 0. The van der Waals surface area contributed by atoms with E-state index in [9.17, 15) is 9.59 Å². The van der Waals surface area contributed by atoms with Gasteiger partial charge >= 0.3 is 5.97 Å². The van der Waals surface area contributed by atoms with Crippen molar-refractivity contribution < 1.29 is 14.7 Å². The SMILES string of the molecule is O=C(O)c1ccccc1C(=O)Nc1ccccc1Cl. The number of carboxylic acid groups (broad SMARTS) is 1. The second kappa shape index (κ2) is 5.54. The Bertz CT molecular complexity index is 640. The molecule has 0 saturated carbocycles. The van der Waals surface area contributed by atoms with Crippen LogP contribution in [0.2, 0.25) is 5.02 Å². The number of carbonyl (C=O) groups excluding carboxylic acids is 1. The zero-order valence-electron chi connectivity index (χ0n) is 9.76. The molecule has 19 heavy (non-hydrogen) atoms. The second-order valence-corrected chi connectivity index (χ2v) is 4.19. The number of aromatic carboxylic acids is 1. The van der Waals surface area contributed by atoms with Crippen molar-refractivity contribution in [2.24, 2.45) is 0 Å². The van der Waals surface area contributed by atoms with Gasteiger partial charge in [0, 0.05) is 0 Å². The molecule has 2 rings (SSSR count). The topological polar surface area (TPSA) is 66.4 Å². The molecule has 4 nitrogen and oxygen atoms in total. The van der Waals surface area contributed by atoms with E-state index in [-0.39, 0.29) is 11.1 Å². The summed E-state index contributed by atoms with van der Waals surface area (Å²) >= 11 is 5.93. The maximum Gasteiger partial charge on any atom is 0.336 e. The van der Waals surface area contributed by atoms with Gasteiger partial charge in [-0.2, -0.15) is 0 Å². The molecule has 0 saturated heterocycles. The lowest BCUT2D eigenvalue weighted by atomic mass is 10.1. The summed E-state index contributed by atoms with van der Waals surface area (Å²) in [5, 5.41) is 12.0. The molecule has 0 aliphatic rings. The van der Waals surface area contributed by atoms with Gasteiger partial charge in [0.15, 0.2) is 0 Å². The highest BCUT2D eigenvalue weighted by molar-refractivity contribution is 6.34. The number of benzene rings is 2. The monoisotopic (exact) mass is 275 g/mol. The van der Waals surface area contributed by atoms with Crippen molar-refractivity contribution in [2.45, 2.75) is 0 Å². The van der Waals surface area contributed by atoms with Crippen LogP contribution in [0.3, 0.4) is 0 Å². The molecule has 96 valence electrons. The van der Waals surface area contributed by atoms with Gasteiger partial charge in [0.05, 0.1) is 21.8 Å². The predicted octanol–water partition coefficient (Wildman–Crippen LogP) is 3.29. The summed E-state index contributed by atoms with van der Waals surface area (Å²) in [6, 6.07) is 12.8. The average Bonchev–Trinajstić information content (AvgIpc) is 2.41. The molecular formula is C14H10ClNO3. The number of hydrogen-bond donors (Lipinski definition) is 2. The first kappa shape index (κ1) is 13.1. The molecule has 2 N–H and O–H groups in total. The molecule has 0 bridgehead atoms. The molecule has 5 heteroatoms. The van der Waals surface area contributed by atoms with E-state index in [0.29, 0.717) is 10.7 Å². The molecule has 0 heterocycles. The molecular weight excluding hydrogens is 266 g/mol. The van der Waals surface area contributed by atoms with E-state index in [0.717, 1.165) is 0 Å². The number of hydrogen-bond acceptors (Lipinski definition) is 2. The second-order valence-electron chi connectivity index (χ2n) is 3.78. The Hall–Kier alpha value is -2.33. The third kappa shape index (κ3) is 2.92. The number of rotatable bonds is 3. The number of halogens is 1. The van der Waals surface area contributed by atoms with Gasteiger partial charge in [0.25, 0.3) is 5.91 Å². The zero-order valence-corrected chi connectivity index (χ0v) is 10.5. The van der Waals surface area contributed by atoms with Gasteiger partial charge in [-0.15, -0.1) is 0 Å². The lowest BCUT2D eigenvalue weighted by Crippen LogP contribution is -2.16. The van der Waals surface area contributed by atoms with Crippen LogP contribution >= 0.6 is 11.6 Å². The predicted molar refractivity (Wildman–Crippen MR) is 72.8 cm³/mol. The van der Waals surface area contributed by atoms with Crippen molar-refractivity contribution in [1.82, 2.24) is 0 Å². The summed E-state index contributed by atoms with van der Waals surface area (Å²) in [6.45, 7) is 0. The maximum absolute atomic E-state index is 12.1. The summed E-state index contributed by atoms with van der Waals surface area (Å²) < 4.78 is 0. The van der Waals surface area contributed by atoms with E-state index in [1.165, 1.54) is 12.1 Å². The van der Waals surface area contributed by atoms with Crippen LogP contribution < -0.4 is 5.32 Å². The number of amides is 1. The van der Waals surface area contributed by atoms with Crippen molar-refractivity contribution in [2.75, 3.05) is 5.32 Å². The molecule has 2 aromatic carbocycles. The van der Waals surface area contributed by atoms with E-state index < -0.39 is 11.9 Å². The van der Waals surface area contributed by atoms with Crippen molar-refractivity contribution >= 4 is 29.2 Å². The lowest BCUT2D eigenvalue weighted by molar-refractivity contribution is 0.0692. The Kier molecular flexibility index (Phi) is 3.82. The Morgan fingerprint density at radius 2 is 1.53 bits per heavy atom. The molecule has 2 aromatic rings. The number of carboxylic acids is 1. The largest absolute Gasteiger partial charge is 0.478 e. The molecule has 0 unspecified atom stereocenters. The molecule has 0 aliphatic carbocycles. The minimum atomic E-state index is -1.15. The highest BCUT2D eigenvalue weighted by Crippen LogP contribution is 2.21. The van der Waals surface area contributed by atoms with Crippen LogP contribution in [0.15, 0.2) is 48.5 Å². The third-order valence-electron chi connectivity index (χ3n) is 2.52. The zero-order chi connectivity index (χ0) is 13.8. The van der Waals surface area contributed by atoms with Crippen molar-refractivity contribution in [3.63, 3.8) is 0 Å². The Balaban J connectivity index is 2.31. The molecule has 0 aliphatic heterocycles. The van der Waals surface area contributed by atoms with Crippen LogP contribution in [0.4, 0.5) is 5.69 Å². The van der Waals surface area contributed by atoms with Gasteiger partial charge in [-0.05, 0) is 24.3 Å². The third-order valence-corrected chi connectivity index (χ3v) is 2.85. The van der Waals surface area contributed by atoms with Crippen LogP contribution in [0.5, 0.6) is 0 Å². The first-order chi connectivity index (χ1) is 9.09. The molecule has 0 spiro atoms. The van der Waals surface area contributed by atoms with Gasteiger partial charge in [-0.1, -0.05) is 35.9 Å². The highest BCUT2D eigenvalue weighted by Gasteiger charge is 2.16. The van der Waals surface area contributed by atoms with E-state index in [4.69, 9.17) is 16.7 Å². The Morgan fingerprint density at radius 1 is 0.947 bits per heavy atom. The van der Waals surface area contributed by atoms with Gasteiger partial charge in [0.2, 0.25) is 0 Å². The normalized spacial score (nSPS) is 9.95. The minimum absolute atomic E-state index is 0.0490. The van der Waals surface area contributed by atoms with Crippen molar-refractivity contribution in [1.29, 1.82) is 0 Å². The smallest absolute Gasteiger partial charge is 0.336 e. The maximum atomic E-state index is 12.1. The first-order valence-corrected chi connectivity index (χ1v) is 5.85. The van der Waals surface area contributed by atoms with Crippen LogP contribution in [0.25, 0.3) is 0 Å². The minimum Gasteiger partial charge on any atom is -0.478 e. The summed E-state index contributed by atoms with van der Waals surface area (Å²) in [4.78, 5) is 23.1. The highest BCUT2D eigenvalue weighted by atomic mass is 35.5.